The highest BCUT2D eigenvalue weighted by Gasteiger charge is 2.33. The largest absolute Gasteiger partial charge is 0.366 e. The number of nitrogens with two attached hydrogens (primary N) is 1. The van der Waals surface area contributed by atoms with E-state index in [0.29, 0.717) is 28.1 Å². The number of nitrogens with zero attached hydrogens (tertiary/aromatic N) is 4. The summed E-state index contributed by atoms with van der Waals surface area (Å²) in [6.45, 7) is 0.0149. The fourth-order valence-corrected chi connectivity index (χ4v) is 3.74. The van der Waals surface area contributed by atoms with Crippen LogP contribution in [0.4, 0.5) is 14.5 Å². The van der Waals surface area contributed by atoms with E-state index >= 15 is 4.39 Å². The third-order valence-electron chi connectivity index (χ3n) is 5.35. The fraction of sp³-hybridized carbons (Fsp3) is 0.0455. The van der Waals surface area contributed by atoms with Crippen molar-refractivity contribution in [1.82, 2.24) is 20.6 Å². The molecule has 158 valence electrons. The minimum atomic E-state index is -0.877. The third-order valence-corrected chi connectivity index (χ3v) is 5.35. The number of aromatic nitrogens is 4. The summed E-state index contributed by atoms with van der Waals surface area (Å²) >= 11 is 0. The molecule has 0 saturated heterocycles. The second-order valence-electron chi connectivity index (χ2n) is 7.21. The molecule has 2 amide bonds. The Bertz CT molecular complexity index is 1370. The number of H-pyrrole nitrogens is 1. The molecular weight excluding hydrogens is 418 g/mol. The van der Waals surface area contributed by atoms with Crippen LogP contribution in [0, 0.1) is 11.6 Å². The highest BCUT2D eigenvalue weighted by molar-refractivity contribution is 6.11. The molecule has 2 heterocycles. The Morgan fingerprint density at radius 1 is 1.00 bits per heavy atom. The number of carbonyl (C=O) groups excluding carboxylic acids is 2. The maximum atomic E-state index is 15.5. The summed E-state index contributed by atoms with van der Waals surface area (Å²) in [5.74, 6) is -2.51. The summed E-state index contributed by atoms with van der Waals surface area (Å²) in [6.07, 6.45) is 0. The van der Waals surface area contributed by atoms with Crippen LogP contribution in [0.5, 0.6) is 0 Å². The van der Waals surface area contributed by atoms with Gasteiger partial charge in [0.2, 0.25) is 5.91 Å². The Hall–Kier alpha value is -4.47. The minimum Gasteiger partial charge on any atom is -0.366 e. The van der Waals surface area contributed by atoms with Crippen molar-refractivity contribution >= 4 is 17.5 Å². The number of primary amides is 1. The molecule has 8 nitrogen and oxygen atoms in total. The Morgan fingerprint density at radius 2 is 1.75 bits per heavy atom. The molecule has 1 aliphatic rings. The third kappa shape index (κ3) is 3.09. The predicted molar refractivity (Wildman–Crippen MR) is 110 cm³/mol. The van der Waals surface area contributed by atoms with Crippen molar-refractivity contribution in [2.45, 2.75) is 6.54 Å². The van der Waals surface area contributed by atoms with E-state index in [1.54, 1.807) is 18.2 Å². The normalized spacial score (nSPS) is 12.8. The number of aromatic amines is 1. The van der Waals surface area contributed by atoms with Crippen LogP contribution in [0.15, 0.2) is 54.6 Å². The number of amides is 2. The minimum absolute atomic E-state index is 0.0149. The average molecular weight is 432 g/mol. The first-order chi connectivity index (χ1) is 15.4. The summed E-state index contributed by atoms with van der Waals surface area (Å²) in [4.78, 5) is 25.4. The molecule has 0 spiro atoms. The van der Waals surface area contributed by atoms with Gasteiger partial charge in [0.25, 0.3) is 5.91 Å². The first kappa shape index (κ1) is 19.5. The number of fused-ring (bicyclic) bond motifs is 1. The van der Waals surface area contributed by atoms with E-state index in [4.69, 9.17) is 5.73 Å². The van der Waals surface area contributed by atoms with Crippen molar-refractivity contribution in [3.8, 4) is 22.5 Å². The number of hydrogen-bond acceptors (Lipinski definition) is 5. The summed E-state index contributed by atoms with van der Waals surface area (Å²) in [6, 6.07) is 13.3. The van der Waals surface area contributed by atoms with Crippen molar-refractivity contribution in [3.05, 3.63) is 82.9 Å². The zero-order valence-corrected chi connectivity index (χ0v) is 16.3. The lowest BCUT2D eigenvalue weighted by molar-refractivity contribution is 0.0989. The van der Waals surface area contributed by atoms with Crippen molar-refractivity contribution < 1.29 is 18.4 Å². The monoisotopic (exact) mass is 432 g/mol. The number of anilines is 1. The number of tetrazole rings is 1. The van der Waals surface area contributed by atoms with E-state index in [2.05, 4.69) is 20.6 Å². The quantitative estimate of drug-likeness (QED) is 0.514. The van der Waals surface area contributed by atoms with Crippen molar-refractivity contribution in [2.24, 2.45) is 5.73 Å². The van der Waals surface area contributed by atoms with Crippen molar-refractivity contribution in [3.63, 3.8) is 0 Å². The molecule has 0 radical (unpaired) electrons. The SMILES string of the molecule is NC(=O)c1ccc(-c2ccc(F)c(N3Cc4ccc(-c5nnn[nH]5)cc4C3=O)c2F)cc1. The standard InChI is InChI=1S/C22H14F2N6O2/c23-17-8-7-15(11-1-3-12(4-2-11)20(25)31)18(24)19(17)30-10-14-6-5-13(9-16(14)22(30)32)21-26-28-29-27-21/h1-9H,10H2,(H2,25,31)(H,26,27,28,29). The smallest absolute Gasteiger partial charge is 0.259 e. The van der Waals surface area contributed by atoms with Gasteiger partial charge >= 0.3 is 0 Å². The lowest BCUT2D eigenvalue weighted by Gasteiger charge is -2.19. The van der Waals surface area contributed by atoms with E-state index in [1.807, 2.05) is 0 Å². The molecule has 0 unspecified atom stereocenters. The van der Waals surface area contributed by atoms with Crippen molar-refractivity contribution in [1.29, 1.82) is 0 Å². The molecule has 32 heavy (non-hydrogen) atoms. The summed E-state index contributed by atoms with van der Waals surface area (Å²) in [5.41, 5.74) is 7.09. The molecule has 1 aliphatic heterocycles. The Labute approximate surface area is 179 Å². The number of hydrogen-bond donors (Lipinski definition) is 2. The van der Waals surface area contributed by atoms with E-state index in [9.17, 15) is 14.0 Å². The zero-order chi connectivity index (χ0) is 22.4. The van der Waals surface area contributed by atoms with Gasteiger partial charge in [-0.15, -0.1) is 5.10 Å². The van der Waals surface area contributed by atoms with Gasteiger partial charge in [0.05, 0.1) is 6.54 Å². The molecule has 4 aromatic rings. The zero-order valence-electron chi connectivity index (χ0n) is 16.3. The van der Waals surface area contributed by atoms with Crippen LogP contribution in [0.1, 0.15) is 26.3 Å². The number of carbonyl (C=O) groups is 2. The Morgan fingerprint density at radius 3 is 2.44 bits per heavy atom. The first-order valence-corrected chi connectivity index (χ1v) is 9.51. The number of nitrogens with one attached hydrogen (secondary N) is 1. The lowest BCUT2D eigenvalue weighted by atomic mass is 10.0. The van der Waals surface area contributed by atoms with Crippen LogP contribution < -0.4 is 10.6 Å². The molecule has 5 rings (SSSR count). The van der Waals surface area contributed by atoms with E-state index in [0.717, 1.165) is 11.0 Å². The Balaban J connectivity index is 1.54. The number of rotatable bonds is 4. The average Bonchev–Trinajstić information content (AvgIpc) is 3.43. The van der Waals surface area contributed by atoms with Crippen LogP contribution in [0.3, 0.4) is 0 Å². The van der Waals surface area contributed by atoms with Crippen LogP contribution in [-0.4, -0.2) is 32.4 Å². The molecule has 0 bridgehead atoms. The molecule has 0 saturated carbocycles. The van der Waals surface area contributed by atoms with Crippen molar-refractivity contribution in [2.75, 3.05) is 4.90 Å². The summed E-state index contributed by atoms with van der Waals surface area (Å²) < 4.78 is 30.2. The van der Waals surface area contributed by atoms with Gasteiger partial charge in [-0.25, -0.2) is 13.9 Å². The van der Waals surface area contributed by atoms with Gasteiger partial charge < -0.3 is 5.73 Å². The molecule has 3 N–H and O–H groups in total. The van der Waals surface area contributed by atoms with Crippen LogP contribution in [0.25, 0.3) is 22.5 Å². The van der Waals surface area contributed by atoms with E-state index < -0.39 is 29.1 Å². The van der Waals surface area contributed by atoms with E-state index in [-0.39, 0.29) is 17.7 Å². The highest BCUT2D eigenvalue weighted by Crippen LogP contribution is 2.37. The molecular formula is C22H14F2N6O2. The summed E-state index contributed by atoms with van der Waals surface area (Å²) in [5, 5.41) is 13.4. The molecule has 10 heteroatoms. The summed E-state index contributed by atoms with van der Waals surface area (Å²) in [7, 11) is 0. The molecule has 0 fully saturated rings. The highest BCUT2D eigenvalue weighted by atomic mass is 19.1. The second kappa shape index (κ2) is 7.34. The molecule has 1 aromatic heterocycles. The van der Waals surface area contributed by atoms with Gasteiger partial charge in [0.1, 0.15) is 11.5 Å². The number of benzene rings is 3. The van der Waals surface area contributed by atoms with Crippen LogP contribution >= 0.6 is 0 Å². The lowest BCUT2D eigenvalue weighted by Crippen LogP contribution is -2.25. The Kier molecular flexibility index (Phi) is 4.47. The van der Waals surface area contributed by atoms with Gasteiger partial charge in [0, 0.05) is 22.3 Å². The van der Waals surface area contributed by atoms with Gasteiger partial charge in [-0.2, -0.15) is 0 Å². The predicted octanol–water partition coefficient (Wildman–Crippen LogP) is 3.07. The molecule has 0 atom stereocenters. The maximum absolute atomic E-state index is 15.5. The number of halogens is 2. The van der Waals surface area contributed by atoms with Crippen LogP contribution in [0.2, 0.25) is 0 Å². The first-order valence-electron chi connectivity index (χ1n) is 9.51. The van der Waals surface area contributed by atoms with Crippen LogP contribution in [-0.2, 0) is 6.54 Å². The van der Waals surface area contributed by atoms with E-state index in [1.165, 1.54) is 30.3 Å². The molecule has 3 aromatic carbocycles. The van der Waals surface area contributed by atoms with Gasteiger partial charge in [-0.3, -0.25) is 14.5 Å². The topological polar surface area (TPSA) is 118 Å². The van der Waals surface area contributed by atoms with Gasteiger partial charge in [0.15, 0.2) is 11.6 Å². The van der Waals surface area contributed by atoms with Gasteiger partial charge in [-0.05, 0) is 51.9 Å². The molecule has 0 aliphatic carbocycles. The van der Waals surface area contributed by atoms with Gasteiger partial charge in [-0.1, -0.05) is 24.3 Å². The maximum Gasteiger partial charge on any atom is 0.259 e. The fourth-order valence-electron chi connectivity index (χ4n) is 3.74. The second-order valence-corrected chi connectivity index (χ2v) is 7.21.